The van der Waals surface area contributed by atoms with Crippen LogP contribution in [0.4, 0.5) is 5.13 Å². The number of rotatable bonds is 6. The second kappa shape index (κ2) is 9.35. The van der Waals surface area contributed by atoms with Crippen molar-refractivity contribution in [2.24, 2.45) is 0 Å². The topological polar surface area (TPSA) is 98.2 Å². The highest BCUT2D eigenvalue weighted by molar-refractivity contribution is 7.22. The number of carbonyl (C=O) groups is 2. The zero-order valence-electron chi connectivity index (χ0n) is 19.7. The lowest BCUT2D eigenvalue weighted by molar-refractivity contribution is -0.132. The molecule has 3 aromatic carbocycles. The lowest BCUT2D eigenvalue weighted by Gasteiger charge is -2.23. The number of fused-ring (bicyclic) bond motifs is 1. The Morgan fingerprint density at radius 3 is 2.25 bits per heavy atom. The van der Waals surface area contributed by atoms with Gasteiger partial charge in [-0.1, -0.05) is 23.5 Å². The van der Waals surface area contributed by atoms with Gasteiger partial charge in [0.2, 0.25) is 0 Å². The van der Waals surface area contributed by atoms with E-state index in [1.54, 1.807) is 67.8 Å². The Morgan fingerprint density at radius 1 is 0.889 bits per heavy atom. The molecule has 5 rings (SSSR count). The number of aliphatic hydroxyl groups excluding tert-OH is 1. The fourth-order valence-electron chi connectivity index (χ4n) is 4.18. The fraction of sp³-hybridized carbons (Fsp3) is 0.148. The number of methoxy groups -OCH3 is 3. The van der Waals surface area contributed by atoms with Gasteiger partial charge in [0.25, 0.3) is 5.78 Å². The predicted molar refractivity (Wildman–Crippen MR) is 137 cm³/mol. The van der Waals surface area contributed by atoms with Gasteiger partial charge in [-0.15, -0.1) is 0 Å². The first-order chi connectivity index (χ1) is 17.4. The highest BCUT2D eigenvalue weighted by atomic mass is 32.1. The minimum Gasteiger partial charge on any atom is -0.507 e. The molecule has 182 valence electrons. The van der Waals surface area contributed by atoms with E-state index in [1.165, 1.54) is 30.5 Å². The lowest BCUT2D eigenvalue weighted by Crippen LogP contribution is -2.29. The molecule has 1 saturated heterocycles. The van der Waals surface area contributed by atoms with E-state index in [-0.39, 0.29) is 11.3 Å². The van der Waals surface area contributed by atoms with Crippen molar-refractivity contribution in [3.05, 3.63) is 83.4 Å². The first-order valence-electron chi connectivity index (χ1n) is 11.0. The summed E-state index contributed by atoms with van der Waals surface area (Å²) in [6.07, 6.45) is 0. The molecule has 1 N–H and O–H groups in total. The summed E-state index contributed by atoms with van der Waals surface area (Å²) in [4.78, 5) is 32.7. The Labute approximate surface area is 211 Å². The molecular formula is C27H22N2O6S. The van der Waals surface area contributed by atoms with E-state index in [0.717, 1.165) is 4.70 Å². The van der Waals surface area contributed by atoms with Gasteiger partial charge >= 0.3 is 5.91 Å². The molecule has 8 nitrogen and oxygen atoms in total. The zero-order valence-corrected chi connectivity index (χ0v) is 20.5. The maximum Gasteiger partial charge on any atom is 0.301 e. The molecule has 0 aliphatic carbocycles. The minimum atomic E-state index is -0.912. The van der Waals surface area contributed by atoms with Crippen molar-refractivity contribution in [2.75, 3.05) is 26.2 Å². The summed E-state index contributed by atoms with van der Waals surface area (Å²) in [5, 5.41) is 11.6. The molecule has 0 saturated carbocycles. The minimum absolute atomic E-state index is 0.0322. The zero-order chi connectivity index (χ0) is 25.4. The molecule has 36 heavy (non-hydrogen) atoms. The summed E-state index contributed by atoms with van der Waals surface area (Å²) in [5.41, 5.74) is 1.61. The van der Waals surface area contributed by atoms with Crippen LogP contribution >= 0.6 is 11.3 Å². The number of anilines is 1. The average Bonchev–Trinajstić information content (AvgIpc) is 3.45. The fourth-order valence-corrected chi connectivity index (χ4v) is 5.20. The van der Waals surface area contributed by atoms with Crippen LogP contribution in [0.3, 0.4) is 0 Å². The van der Waals surface area contributed by atoms with Crippen molar-refractivity contribution in [3.63, 3.8) is 0 Å². The number of carbonyl (C=O) groups excluding carboxylic acids is 2. The van der Waals surface area contributed by atoms with Crippen molar-refractivity contribution < 1.29 is 28.9 Å². The van der Waals surface area contributed by atoms with Crippen LogP contribution in [0.5, 0.6) is 17.2 Å². The Balaban J connectivity index is 1.71. The summed E-state index contributed by atoms with van der Waals surface area (Å²) in [6.45, 7) is 0. The van der Waals surface area contributed by atoms with Crippen LogP contribution in [0.2, 0.25) is 0 Å². The largest absolute Gasteiger partial charge is 0.507 e. The van der Waals surface area contributed by atoms with Gasteiger partial charge in [-0.2, -0.15) is 0 Å². The highest BCUT2D eigenvalue weighted by Gasteiger charge is 2.48. The van der Waals surface area contributed by atoms with E-state index in [2.05, 4.69) is 4.98 Å². The third-order valence-electron chi connectivity index (χ3n) is 6.01. The van der Waals surface area contributed by atoms with Crippen LogP contribution in [0, 0.1) is 0 Å². The molecule has 1 aliphatic rings. The molecule has 1 fully saturated rings. The van der Waals surface area contributed by atoms with Gasteiger partial charge in [0.15, 0.2) is 5.13 Å². The number of aliphatic hydroxyl groups is 1. The van der Waals surface area contributed by atoms with Gasteiger partial charge in [0, 0.05) is 5.56 Å². The number of aromatic nitrogens is 1. The number of thiazole rings is 1. The molecule has 1 aromatic heterocycles. The number of ether oxygens (including phenoxy) is 3. The highest BCUT2D eigenvalue weighted by Crippen LogP contribution is 2.45. The van der Waals surface area contributed by atoms with E-state index in [1.807, 2.05) is 6.07 Å². The van der Waals surface area contributed by atoms with Gasteiger partial charge in [-0.25, -0.2) is 4.98 Å². The Kier molecular flexibility index (Phi) is 6.07. The first kappa shape index (κ1) is 23.4. The smallest absolute Gasteiger partial charge is 0.301 e. The molecule has 0 radical (unpaired) electrons. The summed E-state index contributed by atoms with van der Waals surface area (Å²) in [7, 11) is 4.65. The summed E-state index contributed by atoms with van der Waals surface area (Å²) in [5.74, 6) is -0.0487. The summed E-state index contributed by atoms with van der Waals surface area (Å²) >= 11 is 1.26. The Morgan fingerprint density at radius 2 is 1.56 bits per heavy atom. The van der Waals surface area contributed by atoms with E-state index < -0.39 is 17.7 Å². The number of amides is 1. The lowest BCUT2D eigenvalue weighted by atomic mass is 9.95. The molecule has 2 heterocycles. The maximum atomic E-state index is 13.4. The quantitative estimate of drug-likeness (QED) is 0.226. The van der Waals surface area contributed by atoms with Crippen LogP contribution in [0.25, 0.3) is 16.0 Å². The van der Waals surface area contributed by atoms with E-state index in [9.17, 15) is 14.7 Å². The molecule has 1 amide bonds. The van der Waals surface area contributed by atoms with Gasteiger partial charge < -0.3 is 19.3 Å². The van der Waals surface area contributed by atoms with Crippen molar-refractivity contribution >= 4 is 44.1 Å². The Hall–Kier alpha value is -4.37. The second-order valence-electron chi connectivity index (χ2n) is 8.00. The molecule has 1 atom stereocenters. The molecular weight excluding hydrogens is 480 g/mol. The number of ketones is 1. The van der Waals surface area contributed by atoms with Crippen molar-refractivity contribution in [1.82, 2.24) is 4.98 Å². The standard InChI is InChI=1S/C27H22N2O6S/c1-33-17-9-7-15(8-10-17)24(30)22-23(16-5-4-6-18(13-16)34-2)29(26(32)25(22)31)27-28-20-12-11-19(35-3)14-21(20)36-27/h4-14,23,30H,1-3H3/t23-/m0/s1. The molecule has 0 unspecified atom stereocenters. The van der Waals surface area contributed by atoms with Gasteiger partial charge in [-0.05, 0) is 60.2 Å². The van der Waals surface area contributed by atoms with Crippen molar-refractivity contribution in [1.29, 1.82) is 0 Å². The number of hydrogen-bond donors (Lipinski definition) is 1. The third-order valence-corrected chi connectivity index (χ3v) is 7.03. The van der Waals surface area contributed by atoms with Crippen LogP contribution in [0.1, 0.15) is 17.2 Å². The van der Waals surface area contributed by atoms with E-state index >= 15 is 0 Å². The maximum absolute atomic E-state index is 13.4. The van der Waals surface area contributed by atoms with Crippen molar-refractivity contribution in [3.8, 4) is 17.2 Å². The van der Waals surface area contributed by atoms with Crippen LogP contribution in [-0.2, 0) is 9.59 Å². The summed E-state index contributed by atoms with van der Waals surface area (Å²) in [6, 6.07) is 18.2. The van der Waals surface area contributed by atoms with Crippen molar-refractivity contribution in [2.45, 2.75) is 6.04 Å². The van der Waals surface area contributed by atoms with Crippen LogP contribution in [0.15, 0.2) is 72.3 Å². The number of hydrogen-bond acceptors (Lipinski definition) is 8. The normalized spacial score (nSPS) is 17.0. The Bertz CT molecular complexity index is 1510. The molecule has 9 heteroatoms. The van der Waals surface area contributed by atoms with Gasteiger partial charge in [0.1, 0.15) is 23.0 Å². The third kappa shape index (κ3) is 3.93. The second-order valence-corrected chi connectivity index (χ2v) is 9.01. The molecule has 1 aliphatic heterocycles. The predicted octanol–water partition coefficient (Wildman–Crippen LogP) is 4.95. The SMILES string of the molecule is COc1ccc(C(O)=C2C(=O)C(=O)N(c3nc4ccc(OC)cc4s3)[C@H]2c2cccc(OC)c2)cc1. The monoisotopic (exact) mass is 502 g/mol. The van der Waals surface area contributed by atoms with Crippen LogP contribution < -0.4 is 19.1 Å². The molecule has 0 bridgehead atoms. The molecule has 4 aromatic rings. The van der Waals surface area contributed by atoms with Gasteiger partial charge in [0.05, 0.1) is 43.2 Å². The number of Topliss-reactive ketones (excluding diaryl/α,β-unsaturated/α-hetero) is 1. The molecule has 0 spiro atoms. The first-order valence-corrected chi connectivity index (χ1v) is 11.8. The number of nitrogens with zero attached hydrogens (tertiary/aromatic N) is 2. The van der Waals surface area contributed by atoms with E-state index in [4.69, 9.17) is 14.2 Å². The van der Waals surface area contributed by atoms with Gasteiger partial charge in [-0.3, -0.25) is 14.5 Å². The number of benzene rings is 3. The van der Waals surface area contributed by atoms with Crippen LogP contribution in [-0.4, -0.2) is 43.1 Å². The van der Waals surface area contributed by atoms with E-state index in [0.29, 0.717) is 39.0 Å². The summed E-state index contributed by atoms with van der Waals surface area (Å²) < 4.78 is 16.7. The average molecular weight is 503 g/mol.